The van der Waals surface area contributed by atoms with Gasteiger partial charge in [0.25, 0.3) is 0 Å². The summed E-state index contributed by atoms with van der Waals surface area (Å²) in [7, 11) is -4.72. The van der Waals surface area contributed by atoms with Crippen molar-refractivity contribution in [1.29, 1.82) is 0 Å². The Bertz CT molecular complexity index is 834. The lowest BCUT2D eigenvalue weighted by Crippen LogP contribution is -2.15. The Labute approximate surface area is 115 Å². The van der Waals surface area contributed by atoms with E-state index in [4.69, 9.17) is 4.55 Å². The number of carbonyl (C=O) groups excluding carboxylic acids is 1. The molecular formula is C14H12O5S. The maximum Gasteiger partial charge on any atom is 0.333 e. The maximum atomic E-state index is 11.8. The first-order chi connectivity index (χ1) is 8.98. The van der Waals surface area contributed by atoms with Crippen molar-refractivity contribution in [3.8, 4) is 0 Å². The van der Waals surface area contributed by atoms with Gasteiger partial charge in [-0.05, 0) is 34.4 Å². The van der Waals surface area contributed by atoms with E-state index < -0.39 is 15.2 Å². The molecule has 0 radical (unpaired) electrons. The summed E-state index contributed by atoms with van der Waals surface area (Å²) in [4.78, 5) is 11.8. The van der Waals surface area contributed by atoms with Crippen molar-refractivity contribution in [3.05, 3.63) is 53.1 Å². The molecule has 6 heteroatoms. The van der Waals surface area contributed by atoms with E-state index in [9.17, 15) is 13.2 Å². The zero-order valence-corrected chi connectivity index (χ0v) is 11.1. The largest absolute Gasteiger partial charge is 0.412 e. The van der Waals surface area contributed by atoms with E-state index >= 15 is 0 Å². The summed E-state index contributed by atoms with van der Waals surface area (Å²) in [5.74, 6) is 0. The second kappa shape index (κ2) is 4.82. The number of hydrogen-bond acceptors (Lipinski definition) is 3. The van der Waals surface area contributed by atoms with Gasteiger partial charge in [0.05, 0.1) is 0 Å². The summed E-state index contributed by atoms with van der Waals surface area (Å²) >= 11 is 0. The molecule has 0 bridgehead atoms. The molecule has 0 unspecified atom stereocenters. The first kappa shape index (κ1) is 14.4. The summed E-state index contributed by atoms with van der Waals surface area (Å²) < 4.78 is 31.0. The molecule has 0 spiro atoms. The standard InChI is InChI=1S/C14H10O4S.H2O/c15-14(19(16,17)18)12-8-7-10-4-1-3-9-5-2-6-11(12)13(9)10;/h1-4,6-8H,5H2,(H,16,17,18);1H2. The van der Waals surface area contributed by atoms with Crippen LogP contribution in [0.3, 0.4) is 0 Å². The molecule has 5 nitrogen and oxygen atoms in total. The van der Waals surface area contributed by atoms with Crippen molar-refractivity contribution in [2.45, 2.75) is 6.42 Å². The highest BCUT2D eigenvalue weighted by molar-refractivity contribution is 8.01. The van der Waals surface area contributed by atoms with E-state index in [1.54, 1.807) is 12.1 Å². The van der Waals surface area contributed by atoms with E-state index in [-0.39, 0.29) is 11.0 Å². The molecule has 1 aliphatic carbocycles. The Morgan fingerprint density at radius 3 is 2.60 bits per heavy atom. The summed E-state index contributed by atoms with van der Waals surface area (Å²) in [5, 5.41) is 0.564. The smallest absolute Gasteiger partial charge is 0.333 e. The predicted octanol–water partition coefficient (Wildman–Crippen LogP) is 1.61. The van der Waals surface area contributed by atoms with E-state index in [0.717, 1.165) is 22.8 Å². The van der Waals surface area contributed by atoms with Crippen LogP contribution in [0.2, 0.25) is 0 Å². The highest BCUT2D eigenvalue weighted by Gasteiger charge is 2.25. The maximum absolute atomic E-state index is 11.8. The van der Waals surface area contributed by atoms with E-state index in [1.807, 2.05) is 24.3 Å². The van der Waals surface area contributed by atoms with Crippen LogP contribution >= 0.6 is 0 Å². The van der Waals surface area contributed by atoms with E-state index in [2.05, 4.69) is 0 Å². The molecule has 2 aromatic carbocycles. The summed E-state index contributed by atoms with van der Waals surface area (Å²) in [6.45, 7) is 0. The van der Waals surface area contributed by atoms with Crippen molar-refractivity contribution < 1.29 is 23.2 Å². The van der Waals surface area contributed by atoms with Crippen LogP contribution in [-0.2, 0) is 16.5 Å². The molecule has 0 fully saturated rings. The van der Waals surface area contributed by atoms with Crippen molar-refractivity contribution in [2.24, 2.45) is 0 Å². The van der Waals surface area contributed by atoms with Crippen molar-refractivity contribution in [3.63, 3.8) is 0 Å². The number of rotatable bonds is 1. The Morgan fingerprint density at radius 1 is 1.15 bits per heavy atom. The van der Waals surface area contributed by atoms with Gasteiger partial charge in [-0.1, -0.05) is 36.4 Å². The lowest BCUT2D eigenvalue weighted by atomic mass is 9.90. The van der Waals surface area contributed by atoms with Crippen LogP contribution < -0.4 is 0 Å². The lowest BCUT2D eigenvalue weighted by Gasteiger charge is -2.15. The zero-order valence-electron chi connectivity index (χ0n) is 10.3. The average Bonchev–Trinajstić information content (AvgIpc) is 2.38. The van der Waals surface area contributed by atoms with Crippen LogP contribution in [0.15, 0.2) is 36.4 Å². The molecule has 0 atom stereocenters. The fourth-order valence-electron chi connectivity index (χ4n) is 2.45. The number of allylic oxidation sites excluding steroid dienone is 1. The molecule has 0 aromatic heterocycles. The SMILES string of the molecule is O.O=C(c1ccc2cccc3c2c1C=CC3)S(=O)(=O)O. The van der Waals surface area contributed by atoms with E-state index in [0.29, 0.717) is 5.56 Å². The summed E-state index contributed by atoms with van der Waals surface area (Å²) in [6.07, 6.45) is 4.35. The van der Waals surface area contributed by atoms with Crippen LogP contribution in [0, 0.1) is 0 Å². The molecule has 0 amide bonds. The summed E-state index contributed by atoms with van der Waals surface area (Å²) in [6, 6.07) is 8.90. The number of carbonyl (C=O) groups is 1. The minimum absolute atomic E-state index is 0. The van der Waals surface area contributed by atoms with Gasteiger partial charge < -0.3 is 5.48 Å². The van der Waals surface area contributed by atoms with Crippen molar-refractivity contribution in [1.82, 2.24) is 0 Å². The van der Waals surface area contributed by atoms with Gasteiger partial charge in [-0.3, -0.25) is 9.35 Å². The monoisotopic (exact) mass is 292 g/mol. The Hall–Kier alpha value is -2.02. The van der Waals surface area contributed by atoms with Gasteiger partial charge in [0.15, 0.2) is 0 Å². The minimum atomic E-state index is -4.72. The third-order valence-corrected chi connectivity index (χ3v) is 3.94. The third-order valence-electron chi connectivity index (χ3n) is 3.25. The molecule has 3 N–H and O–H groups in total. The molecule has 0 heterocycles. The van der Waals surface area contributed by atoms with Gasteiger partial charge in [-0.25, -0.2) is 0 Å². The Balaban J connectivity index is 0.00000147. The van der Waals surface area contributed by atoms with Crippen LogP contribution in [0.4, 0.5) is 0 Å². The molecule has 0 saturated carbocycles. The second-order valence-corrected chi connectivity index (χ2v) is 5.73. The molecule has 3 rings (SSSR count). The lowest BCUT2D eigenvalue weighted by molar-refractivity contribution is 0.106. The molecule has 20 heavy (non-hydrogen) atoms. The first-order valence-corrected chi connectivity index (χ1v) is 7.15. The van der Waals surface area contributed by atoms with Gasteiger partial charge in [0.1, 0.15) is 0 Å². The number of benzene rings is 2. The van der Waals surface area contributed by atoms with Gasteiger partial charge in [0.2, 0.25) is 0 Å². The van der Waals surface area contributed by atoms with Crippen LogP contribution in [-0.4, -0.2) is 23.6 Å². The number of hydrogen-bond donors (Lipinski definition) is 1. The Morgan fingerprint density at radius 2 is 1.90 bits per heavy atom. The molecule has 0 saturated heterocycles. The highest BCUT2D eigenvalue weighted by atomic mass is 32.2. The van der Waals surface area contributed by atoms with Crippen LogP contribution in [0.5, 0.6) is 0 Å². The fraction of sp³-hybridized carbons (Fsp3) is 0.0714. The molecule has 0 aliphatic heterocycles. The third kappa shape index (κ3) is 2.14. The molecule has 104 valence electrons. The molecular weight excluding hydrogens is 280 g/mol. The van der Waals surface area contributed by atoms with Crippen LogP contribution in [0.25, 0.3) is 16.8 Å². The average molecular weight is 292 g/mol. The fourth-order valence-corrected chi connectivity index (χ4v) is 2.90. The topological polar surface area (TPSA) is 103 Å². The van der Waals surface area contributed by atoms with Gasteiger partial charge in [-0.2, -0.15) is 8.42 Å². The predicted molar refractivity (Wildman–Crippen MR) is 76.2 cm³/mol. The van der Waals surface area contributed by atoms with Crippen LogP contribution in [0.1, 0.15) is 21.5 Å². The summed E-state index contributed by atoms with van der Waals surface area (Å²) in [5.41, 5.74) is 1.61. The van der Waals surface area contributed by atoms with Gasteiger partial charge in [-0.15, -0.1) is 0 Å². The second-order valence-electron chi connectivity index (χ2n) is 4.41. The van der Waals surface area contributed by atoms with Crippen molar-refractivity contribution in [2.75, 3.05) is 0 Å². The minimum Gasteiger partial charge on any atom is -0.412 e. The van der Waals surface area contributed by atoms with E-state index in [1.165, 1.54) is 6.07 Å². The van der Waals surface area contributed by atoms with Gasteiger partial charge >= 0.3 is 15.2 Å². The molecule has 2 aromatic rings. The zero-order chi connectivity index (χ0) is 13.6. The van der Waals surface area contributed by atoms with Crippen molar-refractivity contribution >= 4 is 32.1 Å². The molecule has 1 aliphatic rings. The Kier molecular flexibility index (Phi) is 3.47. The highest BCUT2D eigenvalue weighted by Crippen LogP contribution is 2.31. The first-order valence-electron chi connectivity index (χ1n) is 5.71. The van der Waals surface area contributed by atoms with Gasteiger partial charge in [0, 0.05) is 5.56 Å². The normalized spacial score (nSPS) is 13.1. The quantitative estimate of drug-likeness (QED) is 0.806.